The maximum Gasteiger partial charge on any atom is 0.287 e. The Morgan fingerprint density at radius 2 is 2.37 bits per heavy atom. The number of allylic oxidation sites excluding steroid dienone is 1. The summed E-state index contributed by atoms with van der Waals surface area (Å²) in [5.74, 6) is 0. The van der Waals surface area contributed by atoms with Crippen molar-refractivity contribution in [1.29, 1.82) is 0 Å². The lowest BCUT2D eigenvalue weighted by Gasteiger charge is -2.09. The van der Waals surface area contributed by atoms with Crippen molar-refractivity contribution in [1.82, 2.24) is 19.3 Å². The number of halogens is 1. The average molecular weight is 280 g/mol. The van der Waals surface area contributed by atoms with Crippen LogP contribution in [0.1, 0.15) is 0 Å². The standard InChI is InChI=1S/C12H14ClN5O/c1-2-5-18-12(19)11(13)10(8-16-18)15-4-7-17-6-3-14-9-17/h2-3,6,8-9,15H,1,4-5,7H2. The second kappa shape index (κ2) is 6.19. The molecule has 0 radical (unpaired) electrons. The van der Waals surface area contributed by atoms with Gasteiger partial charge < -0.3 is 9.88 Å². The molecule has 2 aromatic heterocycles. The van der Waals surface area contributed by atoms with Crippen LogP contribution in [0.2, 0.25) is 5.02 Å². The molecule has 1 N–H and O–H groups in total. The molecule has 2 heterocycles. The van der Waals surface area contributed by atoms with Crippen molar-refractivity contribution in [3.8, 4) is 0 Å². The summed E-state index contributed by atoms with van der Waals surface area (Å²) in [6.45, 7) is 5.26. The number of imidazole rings is 1. The number of hydrogen-bond donors (Lipinski definition) is 1. The van der Waals surface area contributed by atoms with E-state index in [1.54, 1.807) is 24.8 Å². The zero-order chi connectivity index (χ0) is 13.7. The summed E-state index contributed by atoms with van der Waals surface area (Å²) in [7, 11) is 0. The van der Waals surface area contributed by atoms with Gasteiger partial charge >= 0.3 is 0 Å². The lowest BCUT2D eigenvalue weighted by atomic mass is 10.4. The van der Waals surface area contributed by atoms with Gasteiger partial charge in [0.2, 0.25) is 0 Å². The fraction of sp³-hybridized carbons (Fsp3) is 0.250. The van der Waals surface area contributed by atoms with Gasteiger partial charge in [0.05, 0.1) is 24.8 Å². The fourth-order valence-electron chi connectivity index (χ4n) is 1.58. The summed E-state index contributed by atoms with van der Waals surface area (Å²) < 4.78 is 3.18. The first-order valence-electron chi connectivity index (χ1n) is 5.78. The monoisotopic (exact) mass is 279 g/mol. The minimum atomic E-state index is -0.325. The van der Waals surface area contributed by atoms with Crippen LogP contribution in [-0.4, -0.2) is 25.9 Å². The van der Waals surface area contributed by atoms with Crippen LogP contribution in [0, 0.1) is 0 Å². The van der Waals surface area contributed by atoms with Crippen molar-refractivity contribution < 1.29 is 0 Å². The predicted molar refractivity (Wildman–Crippen MR) is 74.4 cm³/mol. The second-order valence-electron chi connectivity index (χ2n) is 3.88. The van der Waals surface area contributed by atoms with Crippen LogP contribution in [0.5, 0.6) is 0 Å². The van der Waals surface area contributed by atoms with Crippen LogP contribution in [0.4, 0.5) is 5.69 Å². The van der Waals surface area contributed by atoms with E-state index in [0.29, 0.717) is 18.8 Å². The van der Waals surface area contributed by atoms with Crippen molar-refractivity contribution in [2.24, 2.45) is 0 Å². The van der Waals surface area contributed by atoms with E-state index in [1.807, 2.05) is 10.8 Å². The van der Waals surface area contributed by atoms with E-state index in [0.717, 1.165) is 6.54 Å². The van der Waals surface area contributed by atoms with Crippen molar-refractivity contribution in [3.63, 3.8) is 0 Å². The largest absolute Gasteiger partial charge is 0.381 e. The highest BCUT2D eigenvalue weighted by molar-refractivity contribution is 6.32. The minimum absolute atomic E-state index is 0.141. The molecule has 0 saturated heterocycles. The molecule has 0 spiro atoms. The predicted octanol–water partition coefficient (Wildman–Crippen LogP) is 1.39. The Hall–Kier alpha value is -2.08. The maximum absolute atomic E-state index is 11.8. The number of nitrogens with one attached hydrogen (secondary N) is 1. The Morgan fingerprint density at radius 3 is 3.05 bits per heavy atom. The highest BCUT2D eigenvalue weighted by Gasteiger charge is 2.07. The van der Waals surface area contributed by atoms with Crippen molar-refractivity contribution >= 4 is 17.3 Å². The molecule has 0 aliphatic carbocycles. The Kier molecular flexibility index (Phi) is 4.35. The molecule has 2 aromatic rings. The topological polar surface area (TPSA) is 64.7 Å². The molecule has 0 atom stereocenters. The number of hydrogen-bond acceptors (Lipinski definition) is 4. The molecular weight excluding hydrogens is 266 g/mol. The number of aromatic nitrogens is 4. The molecule has 2 rings (SSSR count). The molecule has 0 aliphatic rings. The summed E-state index contributed by atoms with van der Waals surface area (Å²) in [6.07, 6.45) is 8.44. The Labute approximate surface area is 115 Å². The van der Waals surface area contributed by atoms with Gasteiger partial charge in [-0.25, -0.2) is 9.67 Å². The molecular formula is C12H14ClN5O. The molecule has 0 aliphatic heterocycles. The van der Waals surface area contributed by atoms with Gasteiger partial charge in [-0.2, -0.15) is 5.10 Å². The van der Waals surface area contributed by atoms with Gasteiger partial charge in [-0.1, -0.05) is 17.7 Å². The lowest BCUT2D eigenvalue weighted by Crippen LogP contribution is -2.24. The third-order valence-corrected chi connectivity index (χ3v) is 2.90. The van der Waals surface area contributed by atoms with E-state index >= 15 is 0 Å². The van der Waals surface area contributed by atoms with Gasteiger partial charge in [-0.3, -0.25) is 4.79 Å². The van der Waals surface area contributed by atoms with E-state index in [1.165, 1.54) is 4.68 Å². The lowest BCUT2D eigenvalue weighted by molar-refractivity contribution is 0.651. The molecule has 19 heavy (non-hydrogen) atoms. The zero-order valence-electron chi connectivity index (χ0n) is 10.3. The molecule has 7 heteroatoms. The molecule has 0 fully saturated rings. The van der Waals surface area contributed by atoms with Crippen molar-refractivity contribution in [3.05, 3.63) is 52.9 Å². The Morgan fingerprint density at radius 1 is 1.53 bits per heavy atom. The van der Waals surface area contributed by atoms with Gasteiger partial charge in [0.15, 0.2) is 0 Å². The van der Waals surface area contributed by atoms with E-state index in [4.69, 9.17) is 11.6 Å². The summed E-state index contributed by atoms with van der Waals surface area (Å²) in [4.78, 5) is 15.8. The first-order valence-corrected chi connectivity index (χ1v) is 6.16. The third kappa shape index (κ3) is 3.23. The number of anilines is 1. The SMILES string of the molecule is C=CCn1ncc(NCCn2ccnc2)c(Cl)c1=O. The summed E-state index contributed by atoms with van der Waals surface area (Å²) in [5, 5.41) is 7.23. The average Bonchev–Trinajstić information content (AvgIpc) is 2.91. The van der Waals surface area contributed by atoms with E-state index in [9.17, 15) is 4.79 Å². The van der Waals surface area contributed by atoms with Crippen LogP contribution in [0.15, 0.2) is 42.4 Å². The third-order valence-electron chi connectivity index (χ3n) is 2.53. The highest BCUT2D eigenvalue weighted by Crippen LogP contribution is 2.14. The van der Waals surface area contributed by atoms with Crippen LogP contribution in [0.3, 0.4) is 0 Å². The van der Waals surface area contributed by atoms with Gasteiger partial charge in [0.25, 0.3) is 5.56 Å². The first kappa shape index (κ1) is 13.4. The Bertz CT molecular complexity index is 605. The fourth-order valence-corrected chi connectivity index (χ4v) is 1.79. The van der Waals surface area contributed by atoms with Crippen LogP contribution < -0.4 is 10.9 Å². The molecule has 100 valence electrons. The normalized spacial score (nSPS) is 10.4. The van der Waals surface area contributed by atoms with E-state index < -0.39 is 0 Å². The second-order valence-corrected chi connectivity index (χ2v) is 4.25. The van der Waals surface area contributed by atoms with Gasteiger partial charge in [0.1, 0.15) is 5.02 Å². The van der Waals surface area contributed by atoms with Crippen LogP contribution in [-0.2, 0) is 13.1 Å². The smallest absolute Gasteiger partial charge is 0.287 e. The minimum Gasteiger partial charge on any atom is -0.381 e. The summed E-state index contributed by atoms with van der Waals surface area (Å²) in [6, 6.07) is 0. The van der Waals surface area contributed by atoms with Crippen LogP contribution in [0.25, 0.3) is 0 Å². The number of rotatable bonds is 6. The van der Waals surface area contributed by atoms with Crippen molar-refractivity contribution in [2.45, 2.75) is 13.1 Å². The summed E-state index contributed by atoms with van der Waals surface area (Å²) >= 11 is 6.01. The highest BCUT2D eigenvalue weighted by atomic mass is 35.5. The molecule has 0 aromatic carbocycles. The van der Waals surface area contributed by atoms with Gasteiger partial charge in [-0.05, 0) is 0 Å². The molecule has 0 unspecified atom stereocenters. The quantitative estimate of drug-likeness (QED) is 0.812. The van der Waals surface area contributed by atoms with Gasteiger partial charge in [-0.15, -0.1) is 6.58 Å². The molecule has 0 amide bonds. The van der Waals surface area contributed by atoms with Crippen molar-refractivity contribution in [2.75, 3.05) is 11.9 Å². The molecule has 6 nitrogen and oxygen atoms in total. The molecule has 0 saturated carbocycles. The van der Waals surface area contributed by atoms with E-state index in [-0.39, 0.29) is 10.6 Å². The molecule has 0 bridgehead atoms. The zero-order valence-corrected chi connectivity index (χ0v) is 11.0. The van der Waals surface area contributed by atoms with E-state index in [2.05, 4.69) is 22.0 Å². The van der Waals surface area contributed by atoms with Crippen LogP contribution >= 0.6 is 11.6 Å². The summed E-state index contributed by atoms with van der Waals surface area (Å²) in [5.41, 5.74) is 0.210. The maximum atomic E-state index is 11.8. The number of nitrogens with zero attached hydrogens (tertiary/aromatic N) is 4. The Balaban J connectivity index is 2.02. The first-order chi connectivity index (χ1) is 9.22. The van der Waals surface area contributed by atoms with Gasteiger partial charge in [0, 0.05) is 25.5 Å².